The zero-order chi connectivity index (χ0) is 17.8. The SMILES string of the molecule is CC1OC(/C=C/C2CC2)(C(F)(F)F)c2c(ccc3c2OCO3)NC1=O. The Hall–Kier alpha value is -2.22. The van der Waals surface area contributed by atoms with Gasteiger partial charge >= 0.3 is 6.18 Å². The highest BCUT2D eigenvalue weighted by molar-refractivity contribution is 5.96. The number of rotatable bonds is 2. The van der Waals surface area contributed by atoms with E-state index >= 15 is 0 Å². The van der Waals surface area contributed by atoms with Gasteiger partial charge in [0, 0.05) is 0 Å². The van der Waals surface area contributed by atoms with E-state index in [4.69, 9.17) is 14.2 Å². The number of halogens is 3. The number of hydrogen-bond donors (Lipinski definition) is 1. The lowest BCUT2D eigenvalue weighted by molar-refractivity contribution is -0.271. The summed E-state index contributed by atoms with van der Waals surface area (Å²) in [6, 6.07) is 2.86. The van der Waals surface area contributed by atoms with Crippen molar-refractivity contribution in [2.75, 3.05) is 12.1 Å². The maximum atomic E-state index is 14.3. The normalized spacial score (nSPS) is 28.6. The molecule has 1 amide bonds. The highest BCUT2D eigenvalue weighted by Gasteiger charge is 2.61. The molecule has 134 valence electrons. The minimum atomic E-state index is -4.80. The number of alkyl halides is 3. The van der Waals surface area contributed by atoms with Crippen molar-refractivity contribution in [3.8, 4) is 11.5 Å². The molecule has 4 rings (SSSR count). The van der Waals surface area contributed by atoms with Crippen LogP contribution in [0.5, 0.6) is 11.5 Å². The van der Waals surface area contributed by atoms with Crippen LogP contribution in [0.25, 0.3) is 0 Å². The third-order valence-electron chi connectivity index (χ3n) is 4.55. The second-order valence-corrected chi connectivity index (χ2v) is 6.40. The van der Waals surface area contributed by atoms with Gasteiger partial charge in [-0.2, -0.15) is 13.2 Å². The van der Waals surface area contributed by atoms with E-state index < -0.39 is 23.8 Å². The van der Waals surface area contributed by atoms with Crippen LogP contribution in [-0.2, 0) is 15.1 Å². The Morgan fingerprint density at radius 2 is 2.04 bits per heavy atom. The number of hydrogen-bond acceptors (Lipinski definition) is 4. The molecule has 2 unspecified atom stereocenters. The molecular formula is C17H16F3NO4. The summed E-state index contributed by atoms with van der Waals surface area (Å²) < 4.78 is 58.7. The quantitative estimate of drug-likeness (QED) is 0.825. The predicted octanol–water partition coefficient (Wildman–Crippen LogP) is 3.50. The van der Waals surface area contributed by atoms with Gasteiger partial charge in [-0.1, -0.05) is 6.08 Å². The van der Waals surface area contributed by atoms with Crippen LogP contribution in [0.3, 0.4) is 0 Å². The van der Waals surface area contributed by atoms with Crippen LogP contribution in [0, 0.1) is 5.92 Å². The van der Waals surface area contributed by atoms with Crippen molar-refractivity contribution in [2.24, 2.45) is 5.92 Å². The number of ether oxygens (including phenoxy) is 3. The summed E-state index contributed by atoms with van der Waals surface area (Å²) in [5.41, 5.74) is -3.05. The van der Waals surface area contributed by atoms with Gasteiger partial charge in [-0.05, 0) is 43.9 Å². The van der Waals surface area contributed by atoms with E-state index in [2.05, 4.69) is 5.32 Å². The third kappa shape index (κ3) is 2.55. The van der Waals surface area contributed by atoms with Gasteiger partial charge in [0.25, 0.3) is 5.91 Å². The Morgan fingerprint density at radius 3 is 2.72 bits per heavy atom. The zero-order valence-corrected chi connectivity index (χ0v) is 13.4. The first-order valence-corrected chi connectivity index (χ1v) is 8.00. The Balaban J connectivity index is 1.98. The minimum Gasteiger partial charge on any atom is -0.454 e. The van der Waals surface area contributed by atoms with Crippen LogP contribution in [0.2, 0.25) is 0 Å². The highest BCUT2D eigenvalue weighted by Crippen LogP contribution is 2.55. The summed E-state index contributed by atoms with van der Waals surface area (Å²) in [6.07, 6.45) is -1.88. The van der Waals surface area contributed by atoms with Gasteiger partial charge in [-0.15, -0.1) is 0 Å². The van der Waals surface area contributed by atoms with E-state index in [9.17, 15) is 18.0 Å². The predicted molar refractivity (Wildman–Crippen MR) is 81.3 cm³/mol. The molecule has 0 aromatic heterocycles. The molecule has 25 heavy (non-hydrogen) atoms. The van der Waals surface area contributed by atoms with E-state index in [1.807, 2.05) is 0 Å². The van der Waals surface area contributed by atoms with Gasteiger partial charge in [-0.25, -0.2) is 0 Å². The maximum Gasteiger partial charge on any atom is 0.425 e. The molecule has 1 aromatic carbocycles. The molecule has 2 atom stereocenters. The minimum absolute atomic E-state index is 0.0105. The molecule has 1 aromatic rings. The fraction of sp³-hybridized carbons (Fsp3) is 0.471. The van der Waals surface area contributed by atoms with Crippen LogP contribution >= 0.6 is 0 Å². The fourth-order valence-corrected chi connectivity index (χ4v) is 3.06. The zero-order valence-electron chi connectivity index (χ0n) is 13.4. The summed E-state index contributed by atoms with van der Waals surface area (Å²) in [5, 5.41) is 2.50. The van der Waals surface area contributed by atoms with E-state index in [-0.39, 0.29) is 35.5 Å². The fourth-order valence-electron chi connectivity index (χ4n) is 3.06. The van der Waals surface area contributed by atoms with Gasteiger partial charge in [0.2, 0.25) is 12.4 Å². The molecule has 1 N–H and O–H groups in total. The molecule has 0 radical (unpaired) electrons. The van der Waals surface area contributed by atoms with Gasteiger partial charge < -0.3 is 19.5 Å². The molecule has 0 bridgehead atoms. The Bertz CT molecular complexity index is 757. The molecule has 1 fully saturated rings. The first-order chi connectivity index (χ1) is 11.8. The van der Waals surface area contributed by atoms with Gasteiger partial charge in [-0.3, -0.25) is 4.79 Å². The van der Waals surface area contributed by atoms with E-state index in [0.717, 1.165) is 18.9 Å². The Morgan fingerprint density at radius 1 is 1.28 bits per heavy atom. The van der Waals surface area contributed by atoms with Crippen molar-refractivity contribution in [2.45, 2.75) is 37.6 Å². The number of allylic oxidation sites excluding steroid dienone is 1. The van der Waals surface area contributed by atoms with Crippen molar-refractivity contribution >= 4 is 11.6 Å². The Kier molecular flexibility index (Phi) is 3.50. The number of amides is 1. The van der Waals surface area contributed by atoms with Crippen molar-refractivity contribution in [3.63, 3.8) is 0 Å². The first kappa shape index (κ1) is 16.3. The summed E-state index contributed by atoms with van der Waals surface area (Å²) in [6.45, 7) is 1.11. The summed E-state index contributed by atoms with van der Waals surface area (Å²) in [7, 11) is 0. The molecule has 2 aliphatic heterocycles. The standard InChI is InChI=1S/C17H16F3NO4/c1-9-15(22)21-11-4-5-12-14(24-8-23-12)13(11)16(25-9,17(18,19)20)7-6-10-2-3-10/h4-7,9-10H,2-3,8H2,1H3,(H,21,22)/b7-6+. The molecule has 5 nitrogen and oxygen atoms in total. The van der Waals surface area contributed by atoms with E-state index in [1.54, 1.807) is 0 Å². The van der Waals surface area contributed by atoms with Crippen LogP contribution in [-0.4, -0.2) is 25.0 Å². The molecule has 2 heterocycles. The van der Waals surface area contributed by atoms with E-state index in [1.165, 1.54) is 25.1 Å². The van der Waals surface area contributed by atoms with Gasteiger partial charge in [0.15, 0.2) is 11.5 Å². The maximum absolute atomic E-state index is 14.3. The van der Waals surface area contributed by atoms with Crippen LogP contribution in [0.15, 0.2) is 24.3 Å². The van der Waals surface area contributed by atoms with Crippen molar-refractivity contribution in [1.82, 2.24) is 0 Å². The average Bonchev–Trinajstić information content (AvgIpc) is 3.26. The highest BCUT2D eigenvalue weighted by atomic mass is 19.4. The largest absolute Gasteiger partial charge is 0.454 e. The van der Waals surface area contributed by atoms with Gasteiger partial charge in [0.05, 0.1) is 11.3 Å². The average molecular weight is 355 g/mol. The third-order valence-corrected chi connectivity index (χ3v) is 4.55. The summed E-state index contributed by atoms with van der Waals surface area (Å²) >= 11 is 0. The number of benzene rings is 1. The first-order valence-electron chi connectivity index (χ1n) is 8.00. The number of carbonyl (C=O) groups excluding carboxylic acids is 1. The van der Waals surface area contributed by atoms with Crippen molar-refractivity contribution in [1.29, 1.82) is 0 Å². The number of nitrogens with one attached hydrogen (secondary N) is 1. The lowest BCUT2D eigenvalue weighted by atomic mass is 9.89. The molecular weight excluding hydrogens is 339 g/mol. The summed E-state index contributed by atoms with van der Waals surface area (Å²) in [4.78, 5) is 12.1. The number of anilines is 1. The second kappa shape index (κ2) is 5.39. The smallest absolute Gasteiger partial charge is 0.425 e. The molecule has 3 aliphatic rings. The molecule has 1 aliphatic carbocycles. The van der Waals surface area contributed by atoms with E-state index in [0.29, 0.717) is 0 Å². The topological polar surface area (TPSA) is 56.8 Å². The molecule has 0 spiro atoms. The Labute approximate surface area is 141 Å². The van der Waals surface area contributed by atoms with Gasteiger partial charge in [0.1, 0.15) is 6.10 Å². The molecule has 8 heteroatoms. The molecule has 1 saturated carbocycles. The number of carbonyl (C=O) groups is 1. The van der Waals surface area contributed by atoms with Crippen LogP contribution < -0.4 is 14.8 Å². The van der Waals surface area contributed by atoms with Crippen LogP contribution in [0.4, 0.5) is 18.9 Å². The monoisotopic (exact) mass is 355 g/mol. The summed E-state index contributed by atoms with van der Waals surface area (Å²) in [5.74, 6) is -0.405. The van der Waals surface area contributed by atoms with Crippen molar-refractivity contribution < 1.29 is 32.2 Å². The lowest BCUT2D eigenvalue weighted by Gasteiger charge is -2.34. The molecule has 0 saturated heterocycles. The van der Waals surface area contributed by atoms with Crippen molar-refractivity contribution in [3.05, 3.63) is 29.8 Å². The lowest BCUT2D eigenvalue weighted by Crippen LogP contribution is -2.45. The van der Waals surface area contributed by atoms with Crippen LogP contribution in [0.1, 0.15) is 25.3 Å². The number of fused-ring (bicyclic) bond motifs is 3. The second-order valence-electron chi connectivity index (χ2n) is 6.40.